The van der Waals surface area contributed by atoms with Crippen LogP contribution >= 0.6 is 11.8 Å². The lowest BCUT2D eigenvalue weighted by Gasteiger charge is -2.18. The average molecular weight is 493 g/mol. The quantitative estimate of drug-likeness (QED) is 0.413. The van der Waals surface area contributed by atoms with Gasteiger partial charge in [-0.1, -0.05) is 30.3 Å². The van der Waals surface area contributed by atoms with E-state index >= 15 is 0 Å². The van der Waals surface area contributed by atoms with Gasteiger partial charge in [-0.2, -0.15) is 0 Å². The molecule has 1 N–H and O–H groups in total. The van der Waals surface area contributed by atoms with E-state index in [2.05, 4.69) is 28.2 Å². The van der Waals surface area contributed by atoms with Crippen molar-refractivity contribution in [2.75, 3.05) is 20.8 Å². The fraction of sp³-hybridized carbons (Fsp3) is 0.357. The van der Waals surface area contributed by atoms with Crippen LogP contribution in [-0.2, 0) is 5.60 Å². The van der Waals surface area contributed by atoms with Crippen LogP contribution in [0.1, 0.15) is 53.6 Å². The van der Waals surface area contributed by atoms with Crippen LogP contribution in [0.15, 0.2) is 54.1 Å². The molecule has 0 saturated heterocycles. The van der Waals surface area contributed by atoms with Crippen molar-refractivity contribution in [1.82, 2.24) is 9.97 Å². The van der Waals surface area contributed by atoms with Gasteiger partial charge in [-0.15, -0.1) is 11.8 Å². The molecule has 1 aromatic heterocycles. The normalized spacial score (nSPS) is 15.9. The lowest BCUT2D eigenvalue weighted by molar-refractivity contribution is 0.0786. The maximum absolute atomic E-state index is 10.4. The van der Waals surface area contributed by atoms with Crippen molar-refractivity contribution >= 4 is 16.7 Å². The van der Waals surface area contributed by atoms with Crippen LogP contribution in [-0.4, -0.2) is 35.9 Å². The van der Waals surface area contributed by atoms with Gasteiger partial charge in [-0.25, -0.2) is 9.97 Å². The van der Waals surface area contributed by atoms with Crippen LogP contribution in [0.5, 0.6) is 17.5 Å². The van der Waals surface area contributed by atoms with E-state index in [0.29, 0.717) is 18.4 Å². The second-order valence-electron chi connectivity index (χ2n) is 9.22. The first-order valence-electron chi connectivity index (χ1n) is 11.6. The summed E-state index contributed by atoms with van der Waals surface area (Å²) in [6, 6.07) is 16.5. The van der Waals surface area contributed by atoms with E-state index in [1.165, 1.54) is 10.5 Å². The number of methoxy groups -OCH3 is 2. The molecular weight excluding hydrogens is 460 g/mol. The van der Waals surface area contributed by atoms with Crippen LogP contribution < -0.4 is 14.2 Å². The Morgan fingerprint density at radius 2 is 1.60 bits per heavy atom. The molecule has 1 aliphatic rings. The van der Waals surface area contributed by atoms with Gasteiger partial charge >= 0.3 is 6.01 Å². The third-order valence-corrected chi connectivity index (χ3v) is 7.47. The van der Waals surface area contributed by atoms with E-state index in [1.54, 1.807) is 28.1 Å². The number of aliphatic hydroxyl groups is 1. The molecule has 0 bridgehead atoms. The Bertz CT molecular complexity index is 1210. The molecule has 0 aliphatic carbocycles. The fourth-order valence-electron chi connectivity index (χ4n) is 4.16. The Balaban J connectivity index is 1.64. The topological polar surface area (TPSA) is 73.7 Å². The second kappa shape index (κ2) is 10.3. The zero-order valence-electron chi connectivity index (χ0n) is 21.1. The molecule has 0 amide bonds. The van der Waals surface area contributed by atoms with E-state index in [0.717, 1.165) is 40.2 Å². The maximum Gasteiger partial charge on any atom is 0.317 e. The van der Waals surface area contributed by atoms with E-state index < -0.39 is 5.60 Å². The van der Waals surface area contributed by atoms with E-state index in [-0.39, 0.29) is 5.25 Å². The van der Waals surface area contributed by atoms with Crippen LogP contribution in [0, 0.1) is 13.8 Å². The summed E-state index contributed by atoms with van der Waals surface area (Å²) >= 11 is 1.81. The SMILES string of the molecule is COc1ccc(C2CC(COc3nc(C)cc(C)n3)=C(c3ccc(C(C)(C)O)cc3)S2)cc1OC. The van der Waals surface area contributed by atoms with Crippen molar-refractivity contribution in [3.63, 3.8) is 0 Å². The predicted octanol–water partition coefficient (Wildman–Crippen LogP) is 6.01. The van der Waals surface area contributed by atoms with Gasteiger partial charge in [0.15, 0.2) is 11.5 Å². The van der Waals surface area contributed by atoms with E-state index in [4.69, 9.17) is 14.2 Å². The van der Waals surface area contributed by atoms with Crippen molar-refractivity contribution in [2.24, 2.45) is 0 Å². The van der Waals surface area contributed by atoms with Gasteiger partial charge in [-0.05, 0) is 74.6 Å². The Kier molecular flexibility index (Phi) is 7.38. The molecule has 2 heterocycles. The molecule has 184 valence electrons. The number of thioether (sulfide) groups is 1. The number of hydrogen-bond acceptors (Lipinski definition) is 7. The molecule has 4 rings (SSSR count). The van der Waals surface area contributed by atoms with Gasteiger partial charge in [0.2, 0.25) is 0 Å². The Morgan fingerprint density at radius 1 is 0.943 bits per heavy atom. The van der Waals surface area contributed by atoms with Crippen LogP contribution in [0.25, 0.3) is 4.91 Å². The van der Waals surface area contributed by atoms with Gasteiger partial charge in [0.25, 0.3) is 0 Å². The molecule has 2 aromatic carbocycles. The Morgan fingerprint density at radius 3 is 2.20 bits per heavy atom. The highest BCUT2D eigenvalue weighted by Gasteiger charge is 2.29. The third-order valence-electron chi connectivity index (χ3n) is 5.98. The van der Waals surface area contributed by atoms with E-state index in [9.17, 15) is 5.11 Å². The summed E-state index contributed by atoms with van der Waals surface area (Å²) in [5.41, 5.74) is 5.21. The molecule has 6 nitrogen and oxygen atoms in total. The highest BCUT2D eigenvalue weighted by molar-refractivity contribution is 8.08. The predicted molar refractivity (Wildman–Crippen MR) is 140 cm³/mol. The molecule has 1 unspecified atom stereocenters. The highest BCUT2D eigenvalue weighted by atomic mass is 32.2. The van der Waals surface area contributed by atoms with Crippen molar-refractivity contribution < 1.29 is 19.3 Å². The van der Waals surface area contributed by atoms with Gasteiger partial charge < -0.3 is 19.3 Å². The summed E-state index contributed by atoms with van der Waals surface area (Å²) in [4.78, 5) is 10.0. The third kappa shape index (κ3) is 5.80. The summed E-state index contributed by atoms with van der Waals surface area (Å²) in [5.74, 6) is 1.43. The molecule has 0 spiro atoms. The van der Waals surface area contributed by atoms with Gasteiger partial charge in [0, 0.05) is 21.5 Å². The Labute approximate surface area is 211 Å². The fourth-order valence-corrected chi connectivity index (χ4v) is 5.59. The monoisotopic (exact) mass is 492 g/mol. The zero-order valence-corrected chi connectivity index (χ0v) is 21.9. The summed E-state index contributed by atoms with van der Waals surface area (Å²) < 4.78 is 17.0. The molecule has 35 heavy (non-hydrogen) atoms. The number of aryl methyl sites for hydroxylation is 2. The molecular formula is C28H32N2O4S. The minimum atomic E-state index is -0.885. The molecule has 7 heteroatoms. The number of hydrogen-bond donors (Lipinski definition) is 1. The summed E-state index contributed by atoms with van der Waals surface area (Å²) in [6.07, 6.45) is 0.827. The number of nitrogens with zero attached hydrogens (tertiary/aromatic N) is 2. The van der Waals surface area contributed by atoms with Gasteiger partial charge in [0.1, 0.15) is 6.61 Å². The molecule has 0 radical (unpaired) electrons. The number of rotatable bonds is 8. The lowest BCUT2D eigenvalue weighted by Crippen LogP contribution is -2.15. The first kappa shape index (κ1) is 25.1. The molecule has 0 fully saturated rings. The average Bonchev–Trinajstić information content (AvgIpc) is 3.25. The van der Waals surface area contributed by atoms with Crippen molar-refractivity contribution in [2.45, 2.75) is 45.0 Å². The number of benzene rings is 2. The van der Waals surface area contributed by atoms with E-state index in [1.807, 2.05) is 55.9 Å². The molecule has 3 aromatic rings. The zero-order chi connectivity index (χ0) is 25.2. The molecule has 1 atom stereocenters. The lowest BCUT2D eigenvalue weighted by atomic mass is 9.96. The summed E-state index contributed by atoms with van der Waals surface area (Å²) in [6.45, 7) is 7.87. The smallest absolute Gasteiger partial charge is 0.317 e. The number of aromatic nitrogens is 2. The number of ether oxygens (including phenoxy) is 3. The van der Waals surface area contributed by atoms with Crippen molar-refractivity contribution in [3.05, 3.63) is 82.2 Å². The minimum Gasteiger partial charge on any atom is -0.493 e. The first-order valence-corrected chi connectivity index (χ1v) is 12.4. The maximum atomic E-state index is 10.4. The van der Waals surface area contributed by atoms with Crippen molar-refractivity contribution in [3.8, 4) is 17.5 Å². The van der Waals surface area contributed by atoms with Gasteiger partial charge in [0.05, 0.1) is 19.8 Å². The Hall–Kier alpha value is -3.03. The largest absolute Gasteiger partial charge is 0.493 e. The van der Waals surface area contributed by atoms with Gasteiger partial charge in [-0.3, -0.25) is 0 Å². The van der Waals surface area contributed by atoms with Crippen molar-refractivity contribution in [1.29, 1.82) is 0 Å². The summed E-state index contributed by atoms with van der Waals surface area (Å²) in [7, 11) is 3.30. The van der Waals surface area contributed by atoms with Crippen LogP contribution in [0.3, 0.4) is 0 Å². The molecule has 0 saturated carbocycles. The van der Waals surface area contributed by atoms with Crippen LogP contribution in [0.4, 0.5) is 0 Å². The first-order chi connectivity index (χ1) is 16.7. The summed E-state index contributed by atoms with van der Waals surface area (Å²) in [5, 5.41) is 10.6. The highest BCUT2D eigenvalue weighted by Crippen LogP contribution is 2.53. The van der Waals surface area contributed by atoms with Crippen LogP contribution in [0.2, 0.25) is 0 Å². The minimum absolute atomic E-state index is 0.206. The second-order valence-corrected chi connectivity index (χ2v) is 10.4. The standard InChI is InChI=1S/C28H32N2O4S/c1-17-13-18(2)30-27(29-17)34-16-21-15-25(20-9-12-23(32-5)24(14-20)33-6)35-26(21)19-7-10-22(11-8-19)28(3,4)31/h7-14,25,31H,15-16H2,1-6H3. The molecule has 1 aliphatic heterocycles.